The fraction of sp³-hybridized carbons (Fsp3) is 0.333. The Morgan fingerprint density at radius 3 is 2.75 bits per heavy atom. The molecular weight excluding hydrogens is 264 g/mol. The van der Waals surface area contributed by atoms with Crippen molar-refractivity contribution >= 4 is 5.69 Å². The molecule has 0 saturated carbocycles. The first-order chi connectivity index (χ1) is 9.56. The van der Waals surface area contributed by atoms with Gasteiger partial charge in [-0.2, -0.15) is 0 Å². The lowest BCUT2D eigenvalue weighted by Crippen LogP contribution is -2.16. The van der Waals surface area contributed by atoms with Crippen molar-refractivity contribution in [3.05, 3.63) is 44.9 Å². The molecule has 8 heteroatoms. The molecule has 0 spiro atoms. The van der Waals surface area contributed by atoms with Crippen LogP contribution in [0, 0.1) is 19.2 Å². The molecule has 0 atom stereocenters. The average Bonchev–Trinajstić information content (AvgIpc) is 2.76. The van der Waals surface area contributed by atoms with Crippen molar-refractivity contribution in [2.24, 2.45) is 0 Å². The number of nitrogens with zero attached hydrogens (tertiary/aromatic N) is 4. The Morgan fingerprint density at radius 1 is 1.50 bits per heavy atom. The van der Waals surface area contributed by atoms with Crippen molar-refractivity contribution in [3.63, 3.8) is 0 Å². The lowest BCUT2D eigenvalue weighted by atomic mass is 10.3. The molecule has 0 aliphatic heterocycles. The molecule has 0 bridgehead atoms. The van der Waals surface area contributed by atoms with Crippen molar-refractivity contribution in [1.82, 2.24) is 5.16 Å². The molecule has 0 saturated heterocycles. The zero-order valence-electron chi connectivity index (χ0n) is 11.3. The molecule has 20 heavy (non-hydrogen) atoms. The molecule has 104 valence electrons. The Morgan fingerprint density at radius 2 is 2.25 bits per heavy atom. The summed E-state index contributed by atoms with van der Waals surface area (Å²) in [6.45, 7) is 3.46. The lowest BCUT2D eigenvalue weighted by Gasteiger charge is -2.04. The highest BCUT2D eigenvalue weighted by atomic mass is 16.5. The Bertz CT molecular complexity index is 693. The molecule has 0 unspecified atom stereocenters. The number of aryl methyl sites for hydroxylation is 2. The summed E-state index contributed by atoms with van der Waals surface area (Å²) in [7, 11) is 1.38. The third kappa shape index (κ3) is 2.47. The first-order valence-corrected chi connectivity index (χ1v) is 5.78. The van der Waals surface area contributed by atoms with Crippen molar-refractivity contribution in [2.75, 3.05) is 12.1 Å². The van der Waals surface area contributed by atoms with Gasteiger partial charge in [0.25, 0.3) is 5.39 Å². The van der Waals surface area contributed by atoms with E-state index in [1.54, 1.807) is 13.8 Å². The van der Waals surface area contributed by atoms with Gasteiger partial charge in [-0.05, 0) is 13.8 Å². The summed E-state index contributed by atoms with van der Waals surface area (Å²) in [6, 6.07) is 1.27. The first kappa shape index (κ1) is 13.6. The number of hydrogen-bond donors (Lipinski definition) is 0. The van der Waals surface area contributed by atoms with Gasteiger partial charge in [-0.3, -0.25) is 4.79 Å². The smallest absolute Gasteiger partial charge is 0.311 e. The monoisotopic (exact) mass is 277 g/mol. The quantitative estimate of drug-likeness (QED) is 0.623. The summed E-state index contributed by atoms with van der Waals surface area (Å²) < 4.78 is 15.1. The summed E-state index contributed by atoms with van der Waals surface area (Å²) in [5.74, 6) is 0.920. The van der Waals surface area contributed by atoms with Crippen molar-refractivity contribution in [3.8, 4) is 5.75 Å². The van der Waals surface area contributed by atoms with Gasteiger partial charge in [-0.25, -0.2) is 0 Å². The van der Waals surface area contributed by atoms with Crippen molar-refractivity contribution in [2.45, 2.75) is 20.4 Å². The maximum Gasteiger partial charge on any atom is 0.311 e. The molecule has 0 aliphatic rings. The van der Waals surface area contributed by atoms with Crippen LogP contribution >= 0.6 is 0 Å². The van der Waals surface area contributed by atoms with E-state index in [0.29, 0.717) is 22.9 Å². The fourth-order valence-electron chi connectivity index (χ4n) is 1.82. The van der Waals surface area contributed by atoms with Gasteiger partial charge in [0.15, 0.2) is 18.0 Å². The number of hydrogen-bond acceptors (Lipinski definition) is 7. The largest absolute Gasteiger partial charge is 0.490 e. The molecule has 2 aromatic heterocycles. The standard InChI is InChI=1S/C12H13N4O4/c1-7-12(8(2)20-14-7)16(15-13)5-9-4-10(17)11(18-3)6-19-9/h4,6H,5H2,1-3H3/q+1. The third-order valence-electron chi connectivity index (χ3n) is 2.74. The van der Waals surface area contributed by atoms with Crippen LogP contribution in [0.25, 0.3) is 5.08 Å². The van der Waals surface area contributed by atoms with E-state index in [0.717, 1.165) is 0 Å². The number of anilines is 1. The number of rotatable bonds is 4. The summed E-state index contributed by atoms with van der Waals surface area (Å²) in [4.78, 5) is 11.6. The first-order valence-electron chi connectivity index (χ1n) is 5.78. The molecule has 2 aromatic rings. The van der Waals surface area contributed by atoms with Crippen LogP contribution in [0.2, 0.25) is 0 Å². The van der Waals surface area contributed by atoms with E-state index in [1.165, 1.54) is 24.4 Å². The Balaban J connectivity index is 2.30. The van der Waals surface area contributed by atoms with Crippen LogP contribution < -0.4 is 15.2 Å². The normalized spacial score (nSPS) is 10.1. The van der Waals surface area contributed by atoms with E-state index in [4.69, 9.17) is 19.1 Å². The minimum absolute atomic E-state index is 0.0542. The van der Waals surface area contributed by atoms with Gasteiger partial charge in [-0.1, -0.05) is 5.16 Å². The van der Waals surface area contributed by atoms with Crippen LogP contribution in [-0.2, 0) is 6.54 Å². The van der Waals surface area contributed by atoms with Gasteiger partial charge in [0.05, 0.1) is 7.11 Å². The maximum atomic E-state index is 11.6. The third-order valence-corrected chi connectivity index (χ3v) is 2.74. The van der Waals surface area contributed by atoms with Crippen LogP contribution in [0.3, 0.4) is 0 Å². The zero-order valence-corrected chi connectivity index (χ0v) is 11.3. The number of ether oxygens (including phenoxy) is 1. The molecule has 8 nitrogen and oxygen atoms in total. The van der Waals surface area contributed by atoms with Crippen LogP contribution in [0.5, 0.6) is 5.75 Å². The van der Waals surface area contributed by atoms with Crippen LogP contribution in [-0.4, -0.2) is 12.3 Å². The Hall–Kier alpha value is -2.82. The topological polar surface area (TPSA) is 96.9 Å². The van der Waals surface area contributed by atoms with Gasteiger partial charge in [0.1, 0.15) is 17.7 Å². The van der Waals surface area contributed by atoms with E-state index in [2.05, 4.69) is 10.2 Å². The lowest BCUT2D eigenvalue weighted by molar-refractivity contribution is 0.378. The number of diazo groups is 1. The SMILES string of the molecule is COc1coc(CN([N+]#N)c2c(C)noc2C)cc1=O. The second-order valence-electron chi connectivity index (χ2n) is 4.10. The number of aromatic nitrogens is 1. The fourth-order valence-corrected chi connectivity index (χ4v) is 1.82. The summed E-state index contributed by atoms with van der Waals surface area (Å²) in [5, 5.41) is 17.3. The van der Waals surface area contributed by atoms with E-state index < -0.39 is 0 Å². The van der Waals surface area contributed by atoms with E-state index in [9.17, 15) is 4.79 Å². The summed E-state index contributed by atoms with van der Waals surface area (Å²) >= 11 is 0. The van der Waals surface area contributed by atoms with Crippen molar-refractivity contribution in [1.29, 1.82) is 5.39 Å². The Kier molecular flexibility index (Phi) is 3.70. The minimum Gasteiger partial charge on any atom is -0.490 e. The molecule has 0 N–H and O–H groups in total. The second kappa shape index (κ2) is 5.44. The molecule has 0 fully saturated rings. The van der Waals surface area contributed by atoms with Crippen LogP contribution in [0.1, 0.15) is 17.2 Å². The van der Waals surface area contributed by atoms with Crippen molar-refractivity contribution < 1.29 is 13.7 Å². The van der Waals surface area contributed by atoms with E-state index in [-0.39, 0.29) is 17.7 Å². The van der Waals surface area contributed by atoms with E-state index >= 15 is 0 Å². The van der Waals surface area contributed by atoms with E-state index in [1.807, 2.05) is 0 Å². The second-order valence-corrected chi connectivity index (χ2v) is 4.10. The molecule has 0 aromatic carbocycles. The summed E-state index contributed by atoms with van der Waals surface area (Å²) in [6.07, 6.45) is 1.21. The molecule has 2 heterocycles. The average molecular weight is 277 g/mol. The molecular formula is C12H13N4O4+. The highest BCUT2D eigenvalue weighted by molar-refractivity contribution is 5.53. The van der Waals surface area contributed by atoms with Gasteiger partial charge in [-0.15, -0.1) is 0 Å². The Labute approximate surface area is 114 Å². The van der Waals surface area contributed by atoms with Gasteiger partial charge >= 0.3 is 5.08 Å². The highest BCUT2D eigenvalue weighted by Crippen LogP contribution is 2.26. The van der Waals surface area contributed by atoms with Gasteiger partial charge in [0, 0.05) is 11.1 Å². The minimum atomic E-state index is -0.314. The van der Waals surface area contributed by atoms with Gasteiger partial charge < -0.3 is 13.7 Å². The molecule has 2 rings (SSSR count). The number of methoxy groups -OCH3 is 1. The summed E-state index contributed by atoms with van der Waals surface area (Å²) in [5.41, 5.74) is 0.771. The zero-order chi connectivity index (χ0) is 14.7. The maximum absolute atomic E-state index is 11.6. The highest BCUT2D eigenvalue weighted by Gasteiger charge is 2.27. The van der Waals surface area contributed by atoms with Crippen LogP contribution in [0.15, 0.2) is 26.1 Å². The molecule has 0 amide bonds. The van der Waals surface area contributed by atoms with Gasteiger partial charge in [0.2, 0.25) is 11.2 Å². The predicted molar refractivity (Wildman–Crippen MR) is 68.8 cm³/mol. The predicted octanol–water partition coefficient (Wildman–Crippen LogP) is 2.03. The van der Waals surface area contributed by atoms with Crippen LogP contribution in [0.4, 0.5) is 5.69 Å². The molecule has 0 radical (unpaired) electrons. The molecule has 0 aliphatic carbocycles.